The number of benzene rings is 1. The molecule has 4 rings (SSSR count). The van der Waals surface area contributed by atoms with Crippen LogP contribution in [0.5, 0.6) is 0 Å². The van der Waals surface area contributed by atoms with Gasteiger partial charge in [-0.15, -0.1) is 11.3 Å². The zero-order chi connectivity index (χ0) is 16.0. The fraction of sp³-hybridized carbons (Fsp3) is 0.333. The molecule has 5 heteroatoms. The first-order valence-electron chi connectivity index (χ1n) is 7.86. The summed E-state index contributed by atoms with van der Waals surface area (Å²) < 4.78 is 6.01. The Hall–Kier alpha value is -2.14. The average Bonchev–Trinajstić information content (AvgIpc) is 3.07. The van der Waals surface area contributed by atoms with Crippen LogP contribution in [0.3, 0.4) is 0 Å². The third kappa shape index (κ3) is 2.45. The lowest BCUT2D eigenvalue weighted by molar-refractivity contribution is -0.125. The lowest BCUT2D eigenvalue weighted by atomic mass is 9.89. The van der Waals surface area contributed by atoms with Crippen molar-refractivity contribution in [1.29, 1.82) is 0 Å². The molecule has 1 aromatic carbocycles. The van der Waals surface area contributed by atoms with E-state index in [9.17, 15) is 4.79 Å². The van der Waals surface area contributed by atoms with E-state index in [0.29, 0.717) is 0 Å². The molecule has 1 amide bonds. The molecule has 0 saturated carbocycles. The zero-order valence-corrected chi connectivity index (χ0v) is 13.9. The first kappa shape index (κ1) is 14.5. The van der Waals surface area contributed by atoms with Crippen molar-refractivity contribution in [2.45, 2.75) is 32.8 Å². The smallest absolute Gasteiger partial charge is 0.266 e. The van der Waals surface area contributed by atoms with E-state index in [4.69, 9.17) is 4.74 Å². The average molecular weight is 326 g/mol. The normalized spacial score (nSPS) is 22.3. The Labute approximate surface area is 139 Å². The maximum Gasteiger partial charge on any atom is 0.266 e. The van der Waals surface area contributed by atoms with E-state index < -0.39 is 6.10 Å². The molecule has 2 unspecified atom stereocenters. The van der Waals surface area contributed by atoms with E-state index in [0.717, 1.165) is 40.6 Å². The number of anilines is 1. The van der Waals surface area contributed by atoms with E-state index in [1.807, 2.05) is 37.3 Å². The van der Waals surface area contributed by atoms with Gasteiger partial charge in [-0.3, -0.25) is 4.79 Å². The number of carbonyl (C=O) groups excluding carboxylic acids is 1. The summed E-state index contributed by atoms with van der Waals surface area (Å²) in [7, 11) is 0. The number of allylic oxidation sites excluding steroid dienone is 1. The number of nitrogens with zero attached hydrogens (tertiary/aromatic N) is 1. The van der Waals surface area contributed by atoms with Gasteiger partial charge in [0.1, 0.15) is 5.76 Å². The van der Waals surface area contributed by atoms with E-state index in [1.54, 1.807) is 11.3 Å². The number of carbonyl (C=O) groups is 1. The molecule has 118 valence electrons. The highest BCUT2D eigenvalue weighted by Gasteiger charge is 2.42. The summed E-state index contributed by atoms with van der Waals surface area (Å²) in [6.07, 6.45) is 1.34. The maximum atomic E-state index is 12.6. The first-order chi connectivity index (χ1) is 11.1. The van der Waals surface area contributed by atoms with Crippen LogP contribution in [-0.4, -0.2) is 17.0 Å². The standard InChI is InChI=1S/C18H18N2O2S/c1-10-15-13(8-9-14-16(15)19-11(2)23-14)22-17(10)18(21)20-12-6-4-3-5-7-12/h3-7,10,17H,8-9H2,1-2H3,(H,20,21). The number of rotatable bonds is 2. The van der Waals surface area contributed by atoms with Gasteiger partial charge >= 0.3 is 0 Å². The Morgan fingerprint density at radius 2 is 2.09 bits per heavy atom. The van der Waals surface area contributed by atoms with E-state index in [1.165, 1.54) is 4.88 Å². The van der Waals surface area contributed by atoms with Crippen molar-refractivity contribution >= 4 is 28.5 Å². The molecule has 4 nitrogen and oxygen atoms in total. The van der Waals surface area contributed by atoms with Gasteiger partial charge in [0.05, 0.1) is 10.7 Å². The number of fused-ring (bicyclic) bond motifs is 2. The first-order valence-corrected chi connectivity index (χ1v) is 8.67. The van der Waals surface area contributed by atoms with Crippen LogP contribution in [-0.2, 0) is 16.0 Å². The summed E-state index contributed by atoms with van der Waals surface area (Å²) in [5.41, 5.74) is 2.98. The van der Waals surface area contributed by atoms with Gasteiger partial charge in [-0.2, -0.15) is 0 Å². The van der Waals surface area contributed by atoms with Crippen LogP contribution in [0.1, 0.15) is 28.9 Å². The monoisotopic (exact) mass is 326 g/mol. The Morgan fingerprint density at radius 1 is 1.30 bits per heavy atom. The SMILES string of the molecule is Cc1nc2c(s1)CCC1=C2C(C)C(C(=O)Nc2ccccc2)O1. The summed E-state index contributed by atoms with van der Waals surface area (Å²) in [5, 5.41) is 4.02. The fourth-order valence-electron chi connectivity index (χ4n) is 3.36. The predicted octanol–water partition coefficient (Wildman–Crippen LogP) is 3.78. The molecular weight excluding hydrogens is 308 g/mol. The second kappa shape index (κ2) is 5.49. The van der Waals surface area contributed by atoms with Gasteiger partial charge < -0.3 is 10.1 Å². The number of nitrogens with one attached hydrogen (secondary N) is 1. The maximum absolute atomic E-state index is 12.6. The highest BCUT2D eigenvalue weighted by molar-refractivity contribution is 7.11. The molecule has 2 heterocycles. The summed E-state index contributed by atoms with van der Waals surface area (Å²) in [4.78, 5) is 18.6. The van der Waals surface area contributed by atoms with Crippen molar-refractivity contribution < 1.29 is 9.53 Å². The molecule has 0 radical (unpaired) electrons. The molecule has 0 saturated heterocycles. The van der Waals surface area contributed by atoms with Crippen molar-refractivity contribution in [2.24, 2.45) is 5.92 Å². The van der Waals surface area contributed by atoms with Crippen molar-refractivity contribution in [3.8, 4) is 0 Å². The van der Waals surface area contributed by atoms with Gasteiger partial charge in [0.2, 0.25) is 0 Å². The second-order valence-corrected chi connectivity index (χ2v) is 7.31. The number of aromatic nitrogens is 1. The summed E-state index contributed by atoms with van der Waals surface area (Å²) in [6.45, 7) is 4.09. The van der Waals surface area contributed by atoms with Crippen LogP contribution in [0.2, 0.25) is 0 Å². The van der Waals surface area contributed by atoms with Gasteiger partial charge in [-0.1, -0.05) is 25.1 Å². The fourth-order valence-corrected chi connectivity index (χ4v) is 4.31. The summed E-state index contributed by atoms with van der Waals surface area (Å²) >= 11 is 1.75. The number of aryl methyl sites for hydroxylation is 2. The molecule has 1 aliphatic carbocycles. The Morgan fingerprint density at radius 3 is 2.87 bits per heavy atom. The van der Waals surface area contributed by atoms with Crippen molar-refractivity contribution in [3.05, 3.63) is 51.7 Å². The summed E-state index contributed by atoms with van der Waals surface area (Å²) in [5.74, 6) is 0.879. The highest BCUT2D eigenvalue weighted by Crippen LogP contribution is 2.45. The molecule has 0 fully saturated rings. The Balaban J connectivity index is 1.57. The van der Waals surface area contributed by atoms with Crippen molar-refractivity contribution in [3.63, 3.8) is 0 Å². The van der Waals surface area contributed by atoms with E-state index in [2.05, 4.69) is 17.2 Å². The van der Waals surface area contributed by atoms with Gasteiger partial charge in [-0.05, 0) is 25.5 Å². The minimum atomic E-state index is -0.479. The number of hydrogen-bond acceptors (Lipinski definition) is 4. The highest BCUT2D eigenvalue weighted by atomic mass is 32.1. The van der Waals surface area contributed by atoms with E-state index in [-0.39, 0.29) is 11.8 Å². The lowest BCUT2D eigenvalue weighted by Crippen LogP contribution is -2.32. The Kier molecular flexibility index (Phi) is 3.45. The summed E-state index contributed by atoms with van der Waals surface area (Å²) in [6, 6.07) is 9.50. The molecule has 2 atom stereocenters. The van der Waals surface area contributed by atoms with Crippen LogP contribution in [0.25, 0.3) is 5.57 Å². The number of para-hydroxylation sites is 1. The second-order valence-electron chi connectivity index (χ2n) is 6.02. The number of amides is 1. The molecular formula is C18H18N2O2S. The van der Waals surface area contributed by atoms with E-state index >= 15 is 0 Å². The minimum absolute atomic E-state index is 0.0225. The molecule has 1 aromatic heterocycles. The van der Waals surface area contributed by atoms with Crippen LogP contribution >= 0.6 is 11.3 Å². The van der Waals surface area contributed by atoms with Crippen LogP contribution in [0, 0.1) is 12.8 Å². The third-order valence-corrected chi connectivity index (χ3v) is 5.45. The number of hydrogen-bond donors (Lipinski definition) is 1. The number of thiazole rings is 1. The molecule has 2 aliphatic rings. The lowest BCUT2D eigenvalue weighted by Gasteiger charge is -2.16. The molecule has 23 heavy (non-hydrogen) atoms. The quantitative estimate of drug-likeness (QED) is 0.913. The van der Waals surface area contributed by atoms with Gasteiger partial charge in [-0.25, -0.2) is 4.98 Å². The third-order valence-electron chi connectivity index (χ3n) is 4.42. The largest absolute Gasteiger partial charge is 0.484 e. The van der Waals surface area contributed by atoms with Crippen LogP contribution < -0.4 is 5.32 Å². The van der Waals surface area contributed by atoms with Gasteiger partial charge in [0, 0.05) is 28.5 Å². The van der Waals surface area contributed by atoms with Crippen LogP contribution in [0.4, 0.5) is 5.69 Å². The van der Waals surface area contributed by atoms with Crippen molar-refractivity contribution in [2.75, 3.05) is 5.32 Å². The molecule has 1 N–H and O–H groups in total. The van der Waals surface area contributed by atoms with Crippen LogP contribution in [0.15, 0.2) is 36.1 Å². The Bertz CT molecular complexity index is 795. The molecule has 1 aliphatic heterocycles. The minimum Gasteiger partial charge on any atom is -0.484 e. The number of ether oxygens (including phenoxy) is 1. The molecule has 2 aromatic rings. The molecule has 0 spiro atoms. The molecule has 0 bridgehead atoms. The van der Waals surface area contributed by atoms with Gasteiger partial charge in [0.15, 0.2) is 6.10 Å². The zero-order valence-electron chi connectivity index (χ0n) is 13.1. The van der Waals surface area contributed by atoms with Crippen molar-refractivity contribution in [1.82, 2.24) is 4.98 Å². The van der Waals surface area contributed by atoms with Gasteiger partial charge in [0.25, 0.3) is 5.91 Å². The predicted molar refractivity (Wildman–Crippen MR) is 91.2 cm³/mol. The topological polar surface area (TPSA) is 51.2 Å².